The van der Waals surface area contributed by atoms with Crippen molar-refractivity contribution in [1.29, 1.82) is 0 Å². The van der Waals surface area contributed by atoms with Gasteiger partial charge in [-0.2, -0.15) is 0 Å². The molecule has 1 aromatic heterocycles. The third-order valence-corrected chi connectivity index (χ3v) is 4.41. The predicted molar refractivity (Wildman–Crippen MR) is 97.6 cm³/mol. The van der Waals surface area contributed by atoms with E-state index in [0.29, 0.717) is 11.2 Å². The average Bonchev–Trinajstić information content (AvgIpc) is 3.22. The van der Waals surface area contributed by atoms with Crippen LogP contribution in [0.5, 0.6) is 0 Å². The zero-order valence-corrected chi connectivity index (χ0v) is 14.4. The smallest absolute Gasteiger partial charge is 0.423 e. The third kappa shape index (κ3) is 3.00. The second-order valence-corrected chi connectivity index (χ2v) is 6.31. The van der Waals surface area contributed by atoms with E-state index in [1.807, 2.05) is 44.2 Å². The number of rotatable bonds is 3. The number of benzene rings is 2. The molecular formula is C18H17BN4O3. The minimum atomic E-state index is -0.973. The minimum Gasteiger partial charge on any atom is -0.423 e. The zero-order valence-electron chi connectivity index (χ0n) is 14.4. The van der Waals surface area contributed by atoms with E-state index in [1.54, 1.807) is 23.0 Å². The van der Waals surface area contributed by atoms with Crippen LogP contribution in [-0.4, -0.2) is 33.0 Å². The number of hydrogen-bond acceptors (Lipinski definition) is 5. The molecule has 2 heterocycles. The zero-order chi connectivity index (χ0) is 18.3. The SMILES string of the molecule is Cc1ccc(-n2cc(C(=O)Nc3ccc4c(c3)B(O)OC4C)nn2)cc1. The number of aromatic nitrogens is 3. The van der Waals surface area contributed by atoms with Crippen LogP contribution in [0.1, 0.15) is 34.6 Å². The van der Waals surface area contributed by atoms with Crippen LogP contribution >= 0.6 is 0 Å². The Morgan fingerprint density at radius 3 is 2.81 bits per heavy atom. The van der Waals surface area contributed by atoms with Crippen molar-refractivity contribution in [3.05, 3.63) is 65.5 Å². The number of carbonyl (C=O) groups is 1. The van der Waals surface area contributed by atoms with Gasteiger partial charge in [0.05, 0.1) is 18.0 Å². The Morgan fingerprint density at radius 2 is 2.04 bits per heavy atom. The van der Waals surface area contributed by atoms with Crippen LogP contribution in [0.25, 0.3) is 5.69 Å². The topological polar surface area (TPSA) is 89.3 Å². The van der Waals surface area contributed by atoms with E-state index < -0.39 is 7.12 Å². The first-order chi connectivity index (χ1) is 12.5. The van der Waals surface area contributed by atoms with Crippen molar-refractivity contribution in [2.75, 3.05) is 5.32 Å². The number of amides is 1. The van der Waals surface area contributed by atoms with Crippen molar-refractivity contribution < 1.29 is 14.5 Å². The number of hydrogen-bond donors (Lipinski definition) is 2. The summed E-state index contributed by atoms with van der Waals surface area (Å²) in [6.45, 7) is 3.88. The van der Waals surface area contributed by atoms with Crippen molar-refractivity contribution >= 4 is 24.2 Å². The number of nitrogens with zero attached hydrogens (tertiary/aromatic N) is 3. The highest BCUT2D eigenvalue weighted by Gasteiger charge is 2.32. The standard InChI is InChI=1S/C18H17BN4O3/c1-11-3-6-14(7-4-11)23-10-17(21-22-23)18(24)20-13-5-8-15-12(2)26-19(25)16(15)9-13/h3-10,12,25H,1-2H3,(H,20,24). The van der Waals surface area contributed by atoms with Gasteiger partial charge in [0.15, 0.2) is 5.69 Å². The Bertz CT molecular complexity index is 971. The van der Waals surface area contributed by atoms with Crippen LogP contribution in [0.4, 0.5) is 5.69 Å². The second-order valence-electron chi connectivity index (χ2n) is 6.31. The first kappa shape index (κ1) is 16.5. The van der Waals surface area contributed by atoms with Gasteiger partial charge in [-0.1, -0.05) is 29.0 Å². The molecule has 130 valence electrons. The maximum Gasteiger partial charge on any atom is 0.492 e. The van der Waals surface area contributed by atoms with Gasteiger partial charge < -0.3 is 15.0 Å². The summed E-state index contributed by atoms with van der Waals surface area (Å²) in [6, 6.07) is 13.1. The summed E-state index contributed by atoms with van der Waals surface area (Å²) in [7, 11) is -0.973. The quantitative estimate of drug-likeness (QED) is 0.702. The fourth-order valence-electron chi connectivity index (χ4n) is 2.96. The normalized spacial score (nSPS) is 15.8. The highest BCUT2D eigenvalue weighted by atomic mass is 16.5. The van der Waals surface area contributed by atoms with Gasteiger partial charge in [-0.3, -0.25) is 4.79 Å². The lowest BCUT2D eigenvalue weighted by Crippen LogP contribution is -2.28. The molecule has 2 N–H and O–H groups in total. The summed E-state index contributed by atoms with van der Waals surface area (Å²) < 4.78 is 6.91. The fourth-order valence-corrected chi connectivity index (χ4v) is 2.96. The first-order valence-corrected chi connectivity index (χ1v) is 8.29. The molecule has 0 fully saturated rings. The maximum absolute atomic E-state index is 12.4. The monoisotopic (exact) mass is 348 g/mol. The fraction of sp³-hybridized carbons (Fsp3) is 0.167. The third-order valence-electron chi connectivity index (χ3n) is 4.41. The lowest BCUT2D eigenvalue weighted by atomic mass is 9.79. The molecule has 3 aromatic rings. The van der Waals surface area contributed by atoms with Crippen molar-refractivity contribution in [3.63, 3.8) is 0 Å². The van der Waals surface area contributed by atoms with Gasteiger partial charge in [0.2, 0.25) is 0 Å². The van der Waals surface area contributed by atoms with Crippen LogP contribution in [0.15, 0.2) is 48.7 Å². The molecule has 0 saturated carbocycles. The first-order valence-electron chi connectivity index (χ1n) is 8.29. The molecule has 26 heavy (non-hydrogen) atoms. The average molecular weight is 348 g/mol. The molecule has 0 aliphatic carbocycles. The Morgan fingerprint density at radius 1 is 1.27 bits per heavy atom. The predicted octanol–water partition coefficient (Wildman–Crippen LogP) is 1.61. The largest absolute Gasteiger partial charge is 0.492 e. The summed E-state index contributed by atoms with van der Waals surface area (Å²) in [5.74, 6) is -0.371. The van der Waals surface area contributed by atoms with E-state index in [1.165, 1.54) is 0 Å². The molecule has 1 atom stereocenters. The summed E-state index contributed by atoms with van der Waals surface area (Å²) in [5.41, 5.74) is 4.32. The number of fused-ring (bicyclic) bond motifs is 1. The van der Waals surface area contributed by atoms with E-state index in [2.05, 4.69) is 15.6 Å². The van der Waals surface area contributed by atoms with E-state index >= 15 is 0 Å². The van der Waals surface area contributed by atoms with Crippen molar-refractivity contribution in [1.82, 2.24) is 15.0 Å². The molecule has 1 aliphatic heterocycles. The van der Waals surface area contributed by atoms with Crippen LogP contribution in [0.2, 0.25) is 0 Å². The van der Waals surface area contributed by atoms with Gasteiger partial charge >= 0.3 is 7.12 Å². The van der Waals surface area contributed by atoms with Gasteiger partial charge in [-0.25, -0.2) is 4.68 Å². The summed E-state index contributed by atoms with van der Waals surface area (Å²) >= 11 is 0. The molecule has 0 saturated heterocycles. The Hall–Kier alpha value is -2.97. The number of carbonyl (C=O) groups excluding carboxylic acids is 1. The maximum atomic E-state index is 12.4. The van der Waals surface area contributed by atoms with Gasteiger partial charge in [0.1, 0.15) is 0 Å². The van der Waals surface area contributed by atoms with E-state index in [-0.39, 0.29) is 17.7 Å². The van der Waals surface area contributed by atoms with E-state index in [4.69, 9.17) is 4.65 Å². The van der Waals surface area contributed by atoms with Gasteiger partial charge in [-0.05, 0) is 49.1 Å². The van der Waals surface area contributed by atoms with Crippen molar-refractivity contribution in [2.24, 2.45) is 0 Å². The molecule has 1 unspecified atom stereocenters. The van der Waals surface area contributed by atoms with Crippen LogP contribution in [0, 0.1) is 6.92 Å². The molecule has 0 spiro atoms. The van der Waals surface area contributed by atoms with Gasteiger partial charge in [0, 0.05) is 5.69 Å². The molecular weight excluding hydrogens is 331 g/mol. The summed E-state index contributed by atoms with van der Waals surface area (Å²) in [4.78, 5) is 12.4. The van der Waals surface area contributed by atoms with E-state index in [9.17, 15) is 9.82 Å². The molecule has 8 heteroatoms. The Kier molecular flexibility index (Phi) is 4.06. The van der Waals surface area contributed by atoms with Crippen LogP contribution in [-0.2, 0) is 4.65 Å². The molecule has 0 radical (unpaired) electrons. The molecule has 0 bridgehead atoms. The van der Waals surface area contributed by atoms with E-state index in [0.717, 1.165) is 16.8 Å². The molecule has 2 aromatic carbocycles. The number of anilines is 1. The van der Waals surface area contributed by atoms with Crippen molar-refractivity contribution in [3.8, 4) is 5.69 Å². The second kappa shape index (κ2) is 6.40. The van der Waals surface area contributed by atoms with Crippen LogP contribution in [0.3, 0.4) is 0 Å². The molecule has 7 nitrogen and oxygen atoms in total. The summed E-state index contributed by atoms with van der Waals surface area (Å²) in [6.07, 6.45) is 1.41. The highest BCUT2D eigenvalue weighted by molar-refractivity contribution is 6.61. The molecule has 1 aliphatic rings. The number of nitrogens with one attached hydrogen (secondary N) is 1. The number of aryl methyl sites for hydroxylation is 1. The van der Waals surface area contributed by atoms with Gasteiger partial charge in [-0.15, -0.1) is 5.10 Å². The Labute approximate surface area is 150 Å². The lowest BCUT2D eigenvalue weighted by Gasteiger charge is -2.07. The Balaban J connectivity index is 1.52. The van der Waals surface area contributed by atoms with Crippen molar-refractivity contribution in [2.45, 2.75) is 20.0 Å². The van der Waals surface area contributed by atoms with Crippen LogP contribution < -0.4 is 10.8 Å². The highest BCUT2D eigenvalue weighted by Crippen LogP contribution is 2.24. The minimum absolute atomic E-state index is 0.167. The lowest BCUT2D eigenvalue weighted by molar-refractivity contribution is 0.102. The molecule has 1 amide bonds. The van der Waals surface area contributed by atoms with Gasteiger partial charge in [0.25, 0.3) is 5.91 Å². The summed E-state index contributed by atoms with van der Waals surface area (Å²) in [5, 5.41) is 20.6. The molecule has 4 rings (SSSR count).